The van der Waals surface area contributed by atoms with Crippen LogP contribution in [0.2, 0.25) is 0 Å². The highest BCUT2D eigenvalue weighted by atomic mass is 16.6. The molecular weight excluding hydrogens is 1040 g/mol. The predicted octanol–water partition coefficient (Wildman–Crippen LogP) is 19.6. The Morgan fingerprint density at radius 3 is 1.12 bits per heavy atom. The molecule has 1 aromatic rings. The van der Waals surface area contributed by atoms with Crippen LogP contribution in [0.3, 0.4) is 0 Å². The van der Waals surface area contributed by atoms with Gasteiger partial charge in [0.15, 0.2) is 11.5 Å². The average Bonchev–Trinajstić information content (AvgIpc) is 3.41. The van der Waals surface area contributed by atoms with E-state index in [9.17, 15) is 19.2 Å². The van der Waals surface area contributed by atoms with Gasteiger partial charge in [-0.05, 0) is 183 Å². The fourth-order valence-electron chi connectivity index (χ4n) is 9.46. The Bertz CT molecular complexity index is 1850. The second kappa shape index (κ2) is 48.8. The van der Waals surface area contributed by atoms with Gasteiger partial charge in [0, 0.05) is 44.8 Å². The molecule has 0 atom stereocenters. The minimum Gasteiger partial charge on any atom is -0.490 e. The summed E-state index contributed by atoms with van der Waals surface area (Å²) in [4.78, 5) is 55.8. The summed E-state index contributed by atoms with van der Waals surface area (Å²) >= 11 is 0. The van der Waals surface area contributed by atoms with E-state index in [1.54, 1.807) is 9.80 Å². The van der Waals surface area contributed by atoms with Crippen molar-refractivity contribution in [3.8, 4) is 11.5 Å². The Balaban J connectivity index is 2.77. The van der Waals surface area contributed by atoms with Crippen molar-refractivity contribution in [1.82, 2.24) is 20.4 Å². The first-order chi connectivity index (χ1) is 39.7. The summed E-state index contributed by atoms with van der Waals surface area (Å²) in [6.45, 7) is 25.0. The summed E-state index contributed by atoms with van der Waals surface area (Å²) in [6.07, 6.45) is 47.4. The third-order valence-electron chi connectivity index (χ3n) is 14.1. The van der Waals surface area contributed by atoms with Crippen molar-refractivity contribution in [1.29, 1.82) is 0 Å². The molecule has 4 amide bonds. The molecule has 1 rings (SSSR count). The summed E-state index contributed by atoms with van der Waals surface area (Å²) in [7, 11) is 0. The zero-order chi connectivity index (χ0) is 61.3. The van der Waals surface area contributed by atoms with Gasteiger partial charge in [-0.2, -0.15) is 0 Å². The van der Waals surface area contributed by atoms with E-state index in [2.05, 4.69) is 48.8 Å². The van der Waals surface area contributed by atoms with Crippen LogP contribution in [0.4, 0.5) is 14.4 Å². The third kappa shape index (κ3) is 47.5. The molecule has 0 spiro atoms. The average molecular weight is 1170 g/mol. The molecule has 0 aromatic heterocycles. The number of carbonyl (C=O) groups excluding carboxylic acids is 4. The summed E-state index contributed by atoms with van der Waals surface area (Å²) < 4.78 is 29.6. The van der Waals surface area contributed by atoms with Crippen molar-refractivity contribution in [2.24, 2.45) is 0 Å². The van der Waals surface area contributed by atoms with Crippen molar-refractivity contribution in [2.45, 2.75) is 311 Å². The van der Waals surface area contributed by atoms with Gasteiger partial charge in [0.05, 0.1) is 13.2 Å². The molecule has 0 aliphatic carbocycles. The molecule has 0 aliphatic heterocycles. The lowest BCUT2D eigenvalue weighted by molar-refractivity contribution is 0.0206. The summed E-state index contributed by atoms with van der Waals surface area (Å²) in [5, 5.41) is 5.87. The number of unbranched alkanes of at least 4 members (excludes halogenated alkanes) is 27. The minimum absolute atomic E-state index is 0.176. The Morgan fingerprint density at radius 1 is 0.398 bits per heavy atom. The van der Waals surface area contributed by atoms with Crippen molar-refractivity contribution in [3.63, 3.8) is 0 Å². The fourth-order valence-corrected chi connectivity index (χ4v) is 9.46. The zero-order valence-electron chi connectivity index (χ0n) is 55.3. The van der Waals surface area contributed by atoms with Gasteiger partial charge >= 0.3 is 18.3 Å². The second-order valence-corrected chi connectivity index (χ2v) is 26.0. The molecule has 480 valence electrons. The molecule has 0 saturated carbocycles. The number of rotatable bonds is 50. The van der Waals surface area contributed by atoms with Crippen molar-refractivity contribution in [2.75, 3.05) is 52.5 Å². The Kier molecular flexibility index (Phi) is 45.0. The molecule has 0 aliphatic rings. The van der Waals surface area contributed by atoms with Crippen LogP contribution in [0.15, 0.2) is 42.5 Å². The highest BCUT2D eigenvalue weighted by Gasteiger charge is 2.24. The van der Waals surface area contributed by atoms with E-state index in [4.69, 9.17) is 23.7 Å². The topological polar surface area (TPSA) is 145 Å². The quantitative estimate of drug-likeness (QED) is 0.0370. The lowest BCUT2D eigenvalue weighted by Crippen LogP contribution is -2.40. The number of carbonyl (C=O) groups is 4. The molecule has 2 N–H and O–H groups in total. The summed E-state index contributed by atoms with van der Waals surface area (Å²) in [6, 6.07) is 5.52. The van der Waals surface area contributed by atoms with Crippen molar-refractivity contribution >= 4 is 24.2 Å². The molecule has 0 radical (unpaired) electrons. The predicted molar refractivity (Wildman–Crippen MR) is 346 cm³/mol. The van der Waals surface area contributed by atoms with E-state index >= 15 is 0 Å². The Morgan fingerprint density at radius 2 is 0.735 bits per heavy atom. The molecular formula is C70H126N4O9. The van der Waals surface area contributed by atoms with Gasteiger partial charge in [0.25, 0.3) is 5.91 Å². The molecule has 0 unspecified atom stereocenters. The van der Waals surface area contributed by atoms with E-state index in [1.165, 1.54) is 154 Å². The number of benzene rings is 1. The number of hydrogen-bond donors (Lipinski definition) is 2. The number of nitrogens with zero attached hydrogens (tertiary/aromatic N) is 2. The number of nitrogens with one attached hydrogen (secondary N) is 2. The van der Waals surface area contributed by atoms with Crippen LogP contribution < -0.4 is 20.1 Å². The lowest BCUT2D eigenvalue weighted by Gasteiger charge is -2.29. The summed E-state index contributed by atoms with van der Waals surface area (Å²) in [5.41, 5.74) is -1.36. The SMILES string of the molecule is CCCCCCCC/C=C\CCCCCCCCOc1ccc(C(=O)NCCCCN(CCCCN(CCCCNC(=O)OC(C)(C)C)C(=O)OC(C)(C)C)C(=O)OC(C)(C)C)cc1OCCCCCCCC/C=C\CCCCCCCC. The van der Waals surface area contributed by atoms with Crippen LogP contribution in [0, 0.1) is 0 Å². The van der Waals surface area contributed by atoms with Gasteiger partial charge in [-0.25, -0.2) is 14.4 Å². The maximum Gasteiger partial charge on any atom is 0.410 e. The van der Waals surface area contributed by atoms with Gasteiger partial charge < -0.3 is 44.1 Å². The number of allylic oxidation sites excluding steroid dienone is 4. The number of amides is 4. The molecule has 13 nitrogen and oxygen atoms in total. The first-order valence-electron chi connectivity index (χ1n) is 33.6. The van der Waals surface area contributed by atoms with Gasteiger partial charge in [0.1, 0.15) is 16.8 Å². The van der Waals surface area contributed by atoms with E-state index < -0.39 is 22.9 Å². The van der Waals surface area contributed by atoms with E-state index in [1.807, 2.05) is 80.5 Å². The van der Waals surface area contributed by atoms with Crippen LogP contribution in [0.5, 0.6) is 11.5 Å². The Labute approximate surface area is 508 Å². The summed E-state index contributed by atoms with van der Waals surface area (Å²) in [5.74, 6) is 1.12. The maximum absolute atomic E-state index is 13.6. The fraction of sp³-hybridized carbons (Fsp3) is 0.800. The standard InChI is InChI=1S/C70H126N4O9/c1-12-14-16-18-20-22-24-26-28-30-32-34-36-38-40-48-58-79-62-51-50-61(60-63(62)80-59-49-41-39-37-35-33-31-29-27-25-23-21-19-17-15-13-2)64(75)71-52-42-44-54-73(66(77)82-69(6,7)8)56-46-47-57-74(67(78)83-70(9,10)11)55-45-43-53-72-65(76)81-68(3,4)5/h26-29,50-51,60H,12-25,30-49,52-59H2,1-11H3,(H,71,75)(H,72,76)/b28-26-,29-27-. The van der Waals surface area contributed by atoms with Crippen LogP contribution in [0.1, 0.15) is 305 Å². The minimum atomic E-state index is -0.661. The molecule has 0 fully saturated rings. The zero-order valence-corrected chi connectivity index (χ0v) is 55.3. The highest BCUT2D eigenvalue weighted by molar-refractivity contribution is 5.94. The van der Waals surface area contributed by atoms with E-state index in [0.717, 1.165) is 25.7 Å². The number of alkyl carbamates (subject to hydrolysis) is 1. The normalized spacial score (nSPS) is 12.0. The number of hydrogen-bond acceptors (Lipinski definition) is 9. The third-order valence-corrected chi connectivity index (χ3v) is 14.1. The lowest BCUT2D eigenvalue weighted by atomic mass is 10.1. The van der Waals surface area contributed by atoms with Crippen LogP contribution >= 0.6 is 0 Å². The highest BCUT2D eigenvalue weighted by Crippen LogP contribution is 2.30. The molecule has 0 saturated heterocycles. The van der Waals surface area contributed by atoms with Crippen LogP contribution in [0.25, 0.3) is 0 Å². The van der Waals surface area contributed by atoms with Gasteiger partial charge in [-0.3, -0.25) is 4.79 Å². The number of ether oxygens (including phenoxy) is 5. The molecule has 0 bridgehead atoms. The Hall–Kier alpha value is -4.42. The largest absolute Gasteiger partial charge is 0.490 e. The van der Waals surface area contributed by atoms with Crippen molar-refractivity contribution < 1.29 is 42.9 Å². The van der Waals surface area contributed by atoms with Crippen molar-refractivity contribution in [3.05, 3.63) is 48.1 Å². The molecule has 83 heavy (non-hydrogen) atoms. The van der Waals surface area contributed by atoms with Gasteiger partial charge in [0.2, 0.25) is 0 Å². The molecule has 1 aromatic carbocycles. The van der Waals surface area contributed by atoms with Crippen LogP contribution in [-0.2, 0) is 14.2 Å². The van der Waals surface area contributed by atoms with E-state index in [-0.39, 0.29) is 18.1 Å². The van der Waals surface area contributed by atoms with Gasteiger partial charge in [-0.1, -0.05) is 154 Å². The first-order valence-corrected chi connectivity index (χ1v) is 33.6. The maximum atomic E-state index is 13.6. The van der Waals surface area contributed by atoms with Gasteiger partial charge in [-0.15, -0.1) is 0 Å². The monoisotopic (exact) mass is 1170 g/mol. The van der Waals surface area contributed by atoms with E-state index in [0.29, 0.717) is 108 Å². The first kappa shape index (κ1) is 76.6. The molecule has 0 heterocycles. The van der Waals surface area contributed by atoms with Crippen LogP contribution in [-0.4, -0.2) is 103 Å². The smallest absolute Gasteiger partial charge is 0.410 e. The molecule has 13 heteroatoms. The second-order valence-electron chi connectivity index (χ2n) is 26.0.